The minimum Gasteiger partial charge on any atom is -0.507 e. The summed E-state index contributed by atoms with van der Waals surface area (Å²) in [5, 5.41) is 36.8. The van der Waals surface area contributed by atoms with Crippen molar-refractivity contribution in [3.05, 3.63) is 64.7 Å². The minimum absolute atomic E-state index is 0.0861. The molecule has 41 heavy (non-hydrogen) atoms. The summed E-state index contributed by atoms with van der Waals surface area (Å²) in [6, 6.07) is 9.96. The third-order valence-electron chi connectivity index (χ3n) is 8.58. The summed E-state index contributed by atoms with van der Waals surface area (Å²) >= 11 is 0. The Balaban J connectivity index is 1.53. The Hall–Kier alpha value is -4.26. The number of carbonyl (C=O) groups is 6. The third-order valence-corrected chi connectivity index (χ3v) is 8.58. The summed E-state index contributed by atoms with van der Waals surface area (Å²) in [7, 11) is 2.86. The van der Waals surface area contributed by atoms with Gasteiger partial charge in [0.15, 0.2) is 34.7 Å². The van der Waals surface area contributed by atoms with Gasteiger partial charge in [0.2, 0.25) is 5.91 Å². The number of amides is 2. The average Bonchev–Trinajstić information content (AvgIpc) is 2.92. The SMILES string of the molecule is CN(C)[C@@H]1C(=O)C(C(N)=O)C(=O)[C@@]2(O)C(=O)C3C(=O)c4c(ccc(CNC(=O)c5ccccc5)c4O)C[C@H]3[C@H](O)[C@@H]12. The van der Waals surface area contributed by atoms with Crippen LogP contribution in [0.15, 0.2) is 42.5 Å². The second-order valence-corrected chi connectivity index (χ2v) is 11.0. The molecular weight excluding hydrogens is 534 g/mol. The number of aromatic hydroxyl groups is 1. The molecule has 5 rings (SSSR count). The lowest BCUT2D eigenvalue weighted by atomic mass is 9.51. The van der Waals surface area contributed by atoms with Gasteiger partial charge in [-0.25, -0.2) is 0 Å². The number of rotatable bonds is 5. The number of hydrogen-bond donors (Lipinski definition) is 5. The molecule has 2 saturated carbocycles. The van der Waals surface area contributed by atoms with Crippen LogP contribution >= 0.6 is 0 Å². The third kappa shape index (κ3) is 4.09. The zero-order chi connectivity index (χ0) is 30.0. The topological polar surface area (TPSA) is 204 Å². The van der Waals surface area contributed by atoms with Crippen molar-refractivity contribution in [1.82, 2.24) is 10.2 Å². The van der Waals surface area contributed by atoms with E-state index < -0.39 is 82.1 Å². The first-order valence-corrected chi connectivity index (χ1v) is 13.0. The van der Waals surface area contributed by atoms with Gasteiger partial charge in [0, 0.05) is 23.6 Å². The molecule has 3 aliphatic rings. The highest BCUT2D eigenvalue weighted by Crippen LogP contribution is 2.51. The van der Waals surface area contributed by atoms with Gasteiger partial charge in [-0.2, -0.15) is 0 Å². The van der Waals surface area contributed by atoms with Crippen LogP contribution in [0.3, 0.4) is 0 Å². The summed E-state index contributed by atoms with van der Waals surface area (Å²) in [4.78, 5) is 80.0. The highest BCUT2D eigenvalue weighted by molar-refractivity contribution is 6.32. The van der Waals surface area contributed by atoms with Crippen molar-refractivity contribution in [3.63, 3.8) is 0 Å². The number of nitrogens with two attached hydrogens (primary N) is 1. The first-order valence-electron chi connectivity index (χ1n) is 13.0. The molecule has 2 aromatic rings. The van der Waals surface area contributed by atoms with Gasteiger partial charge in [0.1, 0.15) is 5.75 Å². The molecule has 0 radical (unpaired) electrons. The van der Waals surface area contributed by atoms with Crippen molar-refractivity contribution in [1.29, 1.82) is 0 Å². The summed E-state index contributed by atoms with van der Waals surface area (Å²) in [6.07, 6.45) is -1.77. The van der Waals surface area contributed by atoms with E-state index in [0.717, 1.165) is 0 Å². The van der Waals surface area contributed by atoms with E-state index in [9.17, 15) is 44.1 Å². The largest absolute Gasteiger partial charge is 0.507 e. The van der Waals surface area contributed by atoms with Gasteiger partial charge in [-0.3, -0.25) is 33.7 Å². The Labute approximate surface area is 234 Å². The maximum Gasteiger partial charge on any atom is 0.251 e. The summed E-state index contributed by atoms with van der Waals surface area (Å²) < 4.78 is 0. The van der Waals surface area contributed by atoms with Crippen molar-refractivity contribution in [2.75, 3.05) is 14.1 Å². The molecule has 6 N–H and O–H groups in total. The molecule has 2 aromatic carbocycles. The number of fused-ring (bicyclic) bond motifs is 3. The van der Waals surface area contributed by atoms with Gasteiger partial charge in [-0.05, 0) is 38.2 Å². The highest BCUT2D eigenvalue weighted by Gasteiger charge is 2.72. The molecule has 12 heteroatoms. The van der Waals surface area contributed by atoms with Gasteiger partial charge >= 0.3 is 0 Å². The Morgan fingerprint density at radius 2 is 1.71 bits per heavy atom. The normalized spacial score (nSPS) is 30.9. The maximum atomic E-state index is 13.9. The molecule has 3 aliphatic carbocycles. The molecule has 7 atom stereocenters. The first-order chi connectivity index (χ1) is 19.3. The van der Waals surface area contributed by atoms with Gasteiger partial charge in [-0.1, -0.05) is 30.3 Å². The summed E-state index contributed by atoms with van der Waals surface area (Å²) in [5.74, 6) is -13.5. The lowest BCUT2D eigenvalue weighted by molar-refractivity contribution is -0.195. The molecule has 214 valence electrons. The van der Waals surface area contributed by atoms with Crippen LogP contribution in [0.5, 0.6) is 5.75 Å². The molecule has 0 spiro atoms. The fraction of sp³-hybridized carbons (Fsp3) is 0.379. The molecule has 0 aliphatic heterocycles. The number of ketones is 4. The van der Waals surface area contributed by atoms with Crippen molar-refractivity contribution >= 4 is 34.9 Å². The summed E-state index contributed by atoms with van der Waals surface area (Å²) in [6.45, 7) is -0.151. The van der Waals surface area contributed by atoms with E-state index >= 15 is 0 Å². The number of hydrogen-bond acceptors (Lipinski definition) is 10. The van der Waals surface area contributed by atoms with Crippen molar-refractivity contribution in [2.45, 2.75) is 30.7 Å². The molecule has 2 amide bonds. The first kappa shape index (κ1) is 28.3. The molecule has 2 unspecified atom stereocenters. The number of phenolic OH excluding ortho intramolecular Hbond substituents is 1. The number of carbonyl (C=O) groups excluding carboxylic acids is 6. The summed E-state index contributed by atoms with van der Waals surface area (Å²) in [5.41, 5.74) is 2.91. The van der Waals surface area contributed by atoms with Crippen molar-refractivity contribution in [2.24, 2.45) is 29.4 Å². The van der Waals surface area contributed by atoms with E-state index in [1.165, 1.54) is 31.1 Å². The monoisotopic (exact) mass is 563 g/mol. The number of likely N-dealkylation sites (N-methyl/N-ethyl adjacent to an activating group) is 1. The van der Waals surface area contributed by atoms with Crippen LogP contribution in [-0.4, -0.2) is 87.0 Å². The van der Waals surface area contributed by atoms with Crippen LogP contribution in [0, 0.1) is 23.7 Å². The number of phenols is 1. The Kier molecular flexibility index (Phi) is 6.88. The molecule has 0 heterocycles. The Morgan fingerprint density at radius 1 is 1.05 bits per heavy atom. The minimum atomic E-state index is -3.05. The predicted molar refractivity (Wildman–Crippen MR) is 140 cm³/mol. The highest BCUT2D eigenvalue weighted by atomic mass is 16.3. The van der Waals surface area contributed by atoms with Gasteiger partial charge in [0.25, 0.3) is 5.91 Å². The molecule has 2 fully saturated rings. The van der Waals surface area contributed by atoms with Crippen LogP contribution in [0.2, 0.25) is 0 Å². The quantitative estimate of drug-likeness (QED) is 0.274. The fourth-order valence-corrected chi connectivity index (χ4v) is 6.64. The zero-order valence-corrected chi connectivity index (χ0v) is 22.2. The number of aliphatic hydroxyl groups excluding tert-OH is 1. The number of benzene rings is 2. The van der Waals surface area contributed by atoms with Crippen LogP contribution in [0.4, 0.5) is 0 Å². The van der Waals surface area contributed by atoms with Crippen molar-refractivity contribution in [3.8, 4) is 5.75 Å². The molecular formula is C29H29N3O9. The average molecular weight is 564 g/mol. The standard InChI is InChI=1S/C29H29N3O9/c1-32(2)20-19-22(34)15-10-13-8-9-14(11-31-28(40)12-6-4-3-5-7-12)21(33)16(13)23(35)17(15)25(37)29(19,41)26(38)18(24(20)36)27(30)39/h3-9,15,17-20,22,33-34,41H,10-11H2,1-2H3,(H2,30,39)(H,31,40)/t15-,17?,18?,19-,20+,22+,29+/m1/s1. The Bertz CT molecular complexity index is 1500. The van der Waals surface area contributed by atoms with Gasteiger partial charge < -0.3 is 26.4 Å². The zero-order valence-electron chi connectivity index (χ0n) is 22.2. The maximum absolute atomic E-state index is 13.9. The van der Waals surface area contributed by atoms with Crippen LogP contribution in [-0.2, 0) is 32.1 Å². The van der Waals surface area contributed by atoms with Crippen molar-refractivity contribution < 1.29 is 44.1 Å². The van der Waals surface area contributed by atoms with E-state index in [1.54, 1.807) is 30.3 Å². The van der Waals surface area contributed by atoms with E-state index in [1.807, 2.05) is 0 Å². The van der Waals surface area contributed by atoms with Crippen LogP contribution in [0.25, 0.3) is 0 Å². The number of primary amides is 1. The lowest BCUT2D eigenvalue weighted by Crippen LogP contribution is -2.77. The van der Waals surface area contributed by atoms with Gasteiger partial charge in [-0.15, -0.1) is 0 Å². The molecule has 12 nitrogen and oxygen atoms in total. The second-order valence-electron chi connectivity index (χ2n) is 11.0. The van der Waals surface area contributed by atoms with Gasteiger partial charge in [0.05, 0.1) is 29.5 Å². The fourth-order valence-electron chi connectivity index (χ4n) is 6.64. The van der Waals surface area contributed by atoms with E-state index in [4.69, 9.17) is 5.73 Å². The lowest BCUT2D eigenvalue weighted by Gasteiger charge is -2.54. The molecule has 0 saturated heterocycles. The van der Waals surface area contributed by atoms with E-state index in [2.05, 4.69) is 5.32 Å². The smallest absolute Gasteiger partial charge is 0.251 e. The number of nitrogens with one attached hydrogen (secondary N) is 1. The van der Waals surface area contributed by atoms with Crippen LogP contribution in [0.1, 0.15) is 31.8 Å². The Morgan fingerprint density at radius 3 is 2.32 bits per heavy atom. The molecule has 0 bridgehead atoms. The number of nitrogens with zero attached hydrogens (tertiary/aromatic N) is 1. The number of aliphatic hydroxyl groups is 2. The van der Waals surface area contributed by atoms with E-state index in [0.29, 0.717) is 11.1 Å². The second kappa shape index (κ2) is 9.98. The molecule has 0 aromatic heterocycles. The van der Waals surface area contributed by atoms with E-state index in [-0.39, 0.29) is 24.1 Å². The predicted octanol–water partition coefficient (Wildman–Crippen LogP) is -1.23. The van der Waals surface area contributed by atoms with Crippen LogP contribution < -0.4 is 11.1 Å². The number of Topliss-reactive ketones (excluding diaryl/α,β-unsaturated/α-hetero) is 4.